The summed E-state index contributed by atoms with van der Waals surface area (Å²) in [6, 6.07) is 16.1. The second kappa shape index (κ2) is 9.99. The van der Waals surface area contributed by atoms with Gasteiger partial charge in [0.25, 0.3) is 0 Å². The van der Waals surface area contributed by atoms with Crippen molar-refractivity contribution in [2.24, 2.45) is 7.05 Å². The number of nitrogens with one attached hydrogen (secondary N) is 1. The van der Waals surface area contributed by atoms with E-state index in [1.807, 2.05) is 41.9 Å². The third-order valence-corrected chi connectivity index (χ3v) is 6.03. The first-order valence-corrected chi connectivity index (χ1v) is 11.4. The van der Waals surface area contributed by atoms with Crippen LogP contribution in [0.3, 0.4) is 0 Å². The largest absolute Gasteiger partial charge is 0.379 e. The molecule has 1 fully saturated rings. The van der Waals surface area contributed by atoms with E-state index in [2.05, 4.69) is 38.4 Å². The molecule has 0 unspecified atom stereocenters. The van der Waals surface area contributed by atoms with Crippen LogP contribution in [0.15, 0.2) is 73.3 Å². The Bertz CT molecular complexity index is 1320. The average molecular weight is 454 g/mol. The number of aryl methyl sites for hydroxylation is 1. The Morgan fingerprint density at radius 2 is 1.94 bits per heavy atom. The molecule has 34 heavy (non-hydrogen) atoms. The summed E-state index contributed by atoms with van der Waals surface area (Å²) < 4.78 is 7.40. The Morgan fingerprint density at radius 3 is 2.76 bits per heavy atom. The number of carbonyl (C=O) groups excluding carboxylic acids is 1. The number of hydrogen-bond acceptors (Lipinski definition) is 5. The summed E-state index contributed by atoms with van der Waals surface area (Å²) in [6.07, 6.45) is 8.69. The van der Waals surface area contributed by atoms with Crippen molar-refractivity contribution in [2.75, 3.05) is 31.6 Å². The minimum absolute atomic E-state index is 0.183. The number of hydrogen-bond donors (Lipinski definition) is 1. The summed E-state index contributed by atoms with van der Waals surface area (Å²) in [5.41, 5.74) is 6.94. The van der Waals surface area contributed by atoms with E-state index < -0.39 is 0 Å². The van der Waals surface area contributed by atoms with E-state index in [1.54, 1.807) is 30.9 Å². The number of ether oxygens (including phenoxy) is 1. The van der Waals surface area contributed by atoms with Gasteiger partial charge in [-0.05, 0) is 53.1 Å². The van der Waals surface area contributed by atoms with Crippen molar-refractivity contribution in [2.45, 2.75) is 6.54 Å². The van der Waals surface area contributed by atoms with Crippen LogP contribution in [0.1, 0.15) is 11.1 Å². The highest BCUT2D eigenvalue weighted by atomic mass is 16.5. The highest BCUT2D eigenvalue weighted by Crippen LogP contribution is 2.27. The predicted octanol–water partition coefficient (Wildman–Crippen LogP) is 4.12. The Morgan fingerprint density at radius 1 is 1.12 bits per heavy atom. The zero-order valence-corrected chi connectivity index (χ0v) is 19.1. The van der Waals surface area contributed by atoms with Crippen LogP contribution in [0.25, 0.3) is 28.2 Å². The lowest BCUT2D eigenvalue weighted by Crippen LogP contribution is -2.35. The molecule has 1 aliphatic rings. The maximum absolute atomic E-state index is 12.6. The van der Waals surface area contributed by atoms with Gasteiger partial charge in [0.05, 0.1) is 30.6 Å². The average Bonchev–Trinajstić information content (AvgIpc) is 3.25. The van der Waals surface area contributed by atoms with Gasteiger partial charge >= 0.3 is 0 Å². The number of aromatic nitrogens is 3. The Kier molecular flexibility index (Phi) is 6.46. The number of morpholine rings is 1. The number of anilines is 1. The smallest absolute Gasteiger partial charge is 0.248 e. The van der Waals surface area contributed by atoms with Gasteiger partial charge in [0.1, 0.15) is 0 Å². The van der Waals surface area contributed by atoms with Crippen molar-refractivity contribution in [3.63, 3.8) is 0 Å². The maximum atomic E-state index is 12.6. The number of fused-ring (bicyclic) bond motifs is 1. The molecule has 0 saturated carbocycles. The van der Waals surface area contributed by atoms with Crippen molar-refractivity contribution in [1.29, 1.82) is 0 Å². The molecule has 0 atom stereocenters. The first kappa shape index (κ1) is 22.0. The number of imidazole rings is 1. The summed E-state index contributed by atoms with van der Waals surface area (Å²) in [6.45, 7) is 4.38. The van der Waals surface area contributed by atoms with Crippen molar-refractivity contribution < 1.29 is 9.53 Å². The van der Waals surface area contributed by atoms with Gasteiger partial charge in [0.2, 0.25) is 5.91 Å². The van der Waals surface area contributed by atoms with Gasteiger partial charge in [-0.15, -0.1) is 0 Å². The molecule has 7 heteroatoms. The fourth-order valence-electron chi connectivity index (χ4n) is 4.16. The highest BCUT2D eigenvalue weighted by molar-refractivity contribution is 6.02. The second-order valence-electron chi connectivity index (χ2n) is 8.43. The molecule has 1 amide bonds. The third-order valence-electron chi connectivity index (χ3n) is 6.03. The van der Waals surface area contributed by atoms with Crippen LogP contribution < -0.4 is 5.32 Å². The molecule has 0 aliphatic carbocycles. The predicted molar refractivity (Wildman–Crippen MR) is 134 cm³/mol. The lowest BCUT2D eigenvalue weighted by atomic mass is 10.0. The highest BCUT2D eigenvalue weighted by Gasteiger charge is 2.11. The molecule has 2 aromatic carbocycles. The summed E-state index contributed by atoms with van der Waals surface area (Å²) in [7, 11) is 1.98. The summed E-state index contributed by atoms with van der Waals surface area (Å²) in [5.74, 6) is -0.183. The number of rotatable bonds is 6. The van der Waals surface area contributed by atoms with E-state index >= 15 is 0 Å². The molecule has 3 heterocycles. The van der Waals surface area contributed by atoms with E-state index in [4.69, 9.17) is 4.74 Å². The fourth-order valence-corrected chi connectivity index (χ4v) is 4.16. The van der Waals surface area contributed by atoms with Crippen LogP contribution in [-0.2, 0) is 23.1 Å². The van der Waals surface area contributed by atoms with Crippen LogP contribution in [0.5, 0.6) is 0 Å². The SMILES string of the molecule is Cn1cnc2ccc(-c3ccncc3C=CC(=O)Nc3ccc(CN4CCOCC4)cc3)cc21. The molecule has 172 valence electrons. The van der Waals surface area contributed by atoms with Crippen molar-refractivity contribution in [3.8, 4) is 11.1 Å². The molecule has 7 nitrogen and oxygen atoms in total. The van der Waals surface area contributed by atoms with Gasteiger partial charge in [0.15, 0.2) is 0 Å². The summed E-state index contributed by atoms with van der Waals surface area (Å²) in [5, 5.41) is 2.94. The van der Waals surface area contributed by atoms with Crippen molar-refractivity contribution >= 4 is 28.7 Å². The van der Waals surface area contributed by atoms with Crippen LogP contribution in [0.4, 0.5) is 5.69 Å². The third kappa shape index (κ3) is 5.06. The van der Waals surface area contributed by atoms with Gasteiger partial charge < -0.3 is 14.6 Å². The van der Waals surface area contributed by atoms with Crippen LogP contribution in [0.2, 0.25) is 0 Å². The quantitative estimate of drug-likeness (QED) is 0.445. The topological polar surface area (TPSA) is 72.3 Å². The second-order valence-corrected chi connectivity index (χ2v) is 8.43. The molecule has 0 radical (unpaired) electrons. The molecule has 4 aromatic rings. The molecule has 2 aromatic heterocycles. The Hall–Kier alpha value is -3.81. The Labute approximate surface area is 198 Å². The molecule has 1 N–H and O–H groups in total. The van der Waals surface area contributed by atoms with E-state index in [9.17, 15) is 4.79 Å². The van der Waals surface area contributed by atoms with Gasteiger partial charge in [0, 0.05) is 56.4 Å². The van der Waals surface area contributed by atoms with Gasteiger partial charge in [-0.25, -0.2) is 4.98 Å². The molecule has 5 rings (SSSR count). The van der Waals surface area contributed by atoms with Crippen LogP contribution in [0, 0.1) is 0 Å². The van der Waals surface area contributed by atoms with E-state index in [1.165, 1.54) is 5.56 Å². The van der Waals surface area contributed by atoms with Gasteiger partial charge in [-0.3, -0.25) is 14.7 Å². The van der Waals surface area contributed by atoms with Gasteiger partial charge in [-0.1, -0.05) is 18.2 Å². The first-order valence-electron chi connectivity index (χ1n) is 11.4. The lowest BCUT2D eigenvalue weighted by Gasteiger charge is -2.26. The molecular formula is C27H27N5O2. The van der Waals surface area contributed by atoms with E-state index in [0.29, 0.717) is 0 Å². The fraction of sp³-hybridized carbons (Fsp3) is 0.222. The summed E-state index contributed by atoms with van der Waals surface area (Å²) >= 11 is 0. The van der Waals surface area contributed by atoms with E-state index in [-0.39, 0.29) is 5.91 Å². The first-order chi connectivity index (χ1) is 16.7. The molecular weight excluding hydrogens is 426 g/mol. The van der Waals surface area contributed by atoms with Crippen LogP contribution in [-0.4, -0.2) is 51.6 Å². The molecule has 0 spiro atoms. The minimum Gasteiger partial charge on any atom is -0.379 e. The maximum Gasteiger partial charge on any atom is 0.248 e. The zero-order valence-electron chi connectivity index (χ0n) is 19.1. The monoisotopic (exact) mass is 453 g/mol. The number of pyridine rings is 1. The number of nitrogens with zero attached hydrogens (tertiary/aromatic N) is 4. The number of benzene rings is 2. The van der Waals surface area contributed by atoms with Crippen molar-refractivity contribution in [1.82, 2.24) is 19.4 Å². The number of carbonyl (C=O) groups is 1. The van der Waals surface area contributed by atoms with Crippen LogP contribution >= 0.6 is 0 Å². The standard InChI is InChI=1S/C27H27N5O2/c1-31-19-29-25-8-4-21(16-26(25)31)24-10-11-28-17-22(24)5-9-27(33)30-23-6-2-20(3-7-23)18-32-12-14-34-15-13-32/h2-11,16-17,19H,12-15,18H2,1H3,(H,30,33). The molecule has 0 bridgehead atoms. The molecule has 1 saturated heterocycles. The van der Waals surface area contributed by atoms with Gasteiger partial charge in [-0.2, -0.15) is 0 Å². The number of amides is 1. The molecule has 1 aliphatic heterocycles. The summed E-state index contributed by atoms with van der Waals surface area (Å²) in [4.78, 5) is 23.6. The zero-order chi connectivity index (χ0) is 23.3. The normalized spacial score (nSPS) is 14.6. The van der Waals surface area contributed by atoms with E-state index in [0.717, 1.165) is 66.3 Å². The Balaban J connectivity index is 1.26. The lowest BCUT2D eigenvalue weighted by molar-refractivity contribution is -0.111. The van der Waals surface area contributed by atoms with Crippen molar-refractivity contribution in [3.05, 3.63) is 84.5 Å². The minimum atomic E-state index is -0.183.